The normalized spacial score (nSPS) is 10.2. The SMILES string of the molecule is CCc1ccc(CN(C)C(=O)Nc2ccc(C)cc2)cc1. The molecule has 1 N–H and O–H groups in total. The molecule has 2 aromatic rings. The second-order valence-corrected chi connectivity index (χ2v) is 5.32. The highest BCUT2D eigenvalue weighted by Gasteiger charge is 2.09. The Kier molecular flexibility index (Phi) is 4.99. The van der Waals surface area contributed by atoms with E-state index < -0.39 is 0 Å². The molecule has 0 saturated heterocycles. The van der Waals surface area contributed by atoms with E-state index in [-0.39, 0.29) is 6.03 Å². The minimum atomic E-state index is -0.0987. The summed E-state index contributed by atoms with van der Waals surface area (Å²) in [5.74, 6) is 0. The minimum absolute atomic E-state index is 0.0987. The van der Waals surface area contributed by atoms with Gasteiger partial charge in [-0.05, 0) is 36.6 Å². The number of rotatable bonds is 4. The van der Waals surface area contributed by atoms with Crippen LogP contribution in [0, 0.1) is 6.92 Å². The Balaban J connectivity index is 1.93. The lowest BCUT2D eigenvalue weighted by Crippen LogP contribution is -2.30. The van der Waals surface area contributed by atoms with Gasteiger partial charge in [-0.25, -0.2) is 4.79 Å². The number of hydrogen-bond acceptors (Lipinski definition) is 1. The van der Waals surface area contributed by atoms with Gasteiger partial charge in [-0.3, -0.25) is 0 Å². The zero-order valence-corrected chi connectivity index (χ0v) is 12.9. The average Bonchev–Trinajstić information content (AvgIpc) is 2.50. The second-order valence-electron chi connectivity index (χ2n) is 5.32. The maximum Gasteiger partial charge on any atom is 0.321 e. The van der Waals surface area contributed by atoms with Crippen molar-refractivity contribution >= 4 is 11.7 Å². The van der Waals surface area contributed by atoms with Gasteiger partial charge in [0.1, 0.15) is 0 Å². The minimum Gasteiger partial charge on any atom is -0.323 e. The lowest BCUT2D eigenvalue weighted by atomic mass is 10.1. The van der Waals surface area contributed by atoms with E-state index in [1.807, 2.05) is 31.2 Å². The lowest BCUT2D eigenvalue weighted by Gasteiger charge is -2.18. The molecule has 3 heteroatoms. The van der Waals surface area contributed by atoms with Crippen LogP contribution in [0.1, 0.15) is 23.6 Å². The number of amides is 2. The number of nitrogens with one attached hydrogen (secondary N) is 1. The van der Waals surface area contributed by atoms with Gasteiger partial charge in [0.25, 0.3) is 0 Å². The molecule has 0 saturated carbocycles. The Bertz CT molecular complexity index is 588. The standard InChI is InChI=1S/C18H22N2O/c1-4-15-7-9-16(10-8-15)13-20(3)18(21)19-17-11-5-14(2)6-12-17/h5-12H,4,13H2,1-3H3,(H,19,21). The number of hydrogen-bond donors (Lipinski definition) is 1. The molecule has 0 spiro atoms. The van der Waals surface area contributed by atoms with Crippen LogP contribution in [0.3, 0.4) is 0 Å². The monoisotopic (exact) mass is 282 g/mol. The summed E-state index contributed by atoms with van der Waals surface area (Å²) >= 11 is 0. The predicted molar refractivity (Wildman–Crippen MR) is 87.5 cm³/mol. The fraction of sp³-hybridized carbons (Fsp3) is 0.278. The number of nitrogens with zero attached hydrogens (tertiary/aromatic N) is 1. The highest BCUT2D eigenvalue weighted by molar-refractivity contribution is 5.89. The van der Waals surface area contributed by atoms with Crippen molar-refractivity contribution in [2.24, 2.45) is 0 Å². The molecule has 0 fully saturated rings. The summed E-state index contributed by atoms with van der Waals surface area (Å²) in [7, 11) is 1.80. The fourth-order valence-corrected chi connectivity index (χ4v) is 2.08. The summed E-state index contributed by atoms with van der Waals surface area (Å²) < 4.78 is 0. The van der Waals surface area contributed by atoms with E-state index in [1.165, 1.54) is 11.1 Å². The molecule has 0 atom stereocenters. The van der Waals surface area contributed by atoms with E-state index >= 15 is 0 Å². The van der Waals surface area contributed by atoms with E-state index in [1.54, 1.807) is 11.9 Å². The van der Waals surface area contributed by atoms with Gasteiger partial charge < -0.3 is 10.2 Å². The van der Waals surface area contributed by atoms with Gasteiger partial charge in [-0.2, -0.15) is 0 Å². The molecular formula is C18H22N2O. The van der Waals surface area contributed by atoms with E-state index in [4.69, 9.17) is 0 Å². The van der Waals surface area contributed by atoms with Gasteiger partial charge in [-0.1, -0.05) is 48.9 Å². The van der Waals surface area contributed by atoms with Gasteiger partial charge >= 0.3 is 6.03 Å². The number of benzene rings is 2. The maximum absolute atomic E-state index is 12.1. The number of carbonyl (C=O) groups is 1. The number of urea groups is 1. The van der Waals surface area contributed by atoms with Crippen molar-refractivity contribution < 1.29 is 4.79 Å². The van der Waals surface area contributed by atoms with Crippen molar-refractivity contribution in [1.82, 2.24) is 4.90 Å². The van der Waals surface area contributed by atoms with Crippen molar-refractivity contribution in [3.8, 4) is 0 Å². The smallest absolute Gasteiger partial charge is 0.321 e. The molecule has 0 aliphatic carbocycles. The van der Waals surface area contributed by atoms with Gasteiger partial charge in [0, 0.05) is 19.3 Å². The molecule has 0 aromatic heterocycles. The lowest BCUT2D eigenvalue weighted by molar-refractivity contribution is 0.220. The van der Waals surface area contributed by atoms with E-state index in [0.717, 1.165) is 17.7 Å². The third-order valence-electron chi connectivity index (χ3n) is 3.50. The van der Waals surface area contributed by atoms with Crippen LogP contribution >= 0.6 is 0 Å². The summed E-state index contributed by atoms with van der Waals surface area (Å²) in [6.45, 7) is 4.76. The topological polar surface area (TPSA) is 32.3 Å². The molecule has 0 aliphatic heterocycles. The quantitative estimate of drug-likeness (QED) is 0.894. The van der Waals surface area contributed by atoms with E-state index in [2.05, 4.69) is 36.5 Å². The van der Waals surface area contributed by atoms with Crippen LogP contribution in [0.15, 0.2) is 48.5 Å². The molecule has 0 heterocycles. The Morgan fingerprint density at radius 3 is 2.14 bits per heavy atom. The average molecular weight is 282 g/mol. The fourth-order valence-electron chi connectivity index (χ4n) is 2.08. The van der Waals surface area contributed by atoms with Crippen LogP contribution < -0.4 is 5.32 Å². The summed E-state index contributed by atoms with van der Waals surface area (Å²) in [6, 6.07) is 16.1. The Hall–Kier alpha value is -2.29. The number of carbonyl (C=O) groups excluding carboxylic acids is 1. The first kappa shape index (κ1) is 15.1. The summed E-state index contributed by atoms with van der Waals surface area (Å²) in [5.41, 5.74) is 4.44. The third-order valence-corrected chi connectivity index (χ3v) is 3.50. The number of anilines is 1. The van der Waals surface area contributed by atoms with E-state index in [0.29, 0.717) is 6.54 Å². The molecule has 0 aliphatic rings. The van der Waals surface area contributed by atoms with Gasteiger partial charge in [0.05, 0.1) is 0 Å². The largest absolute Gasteiger partial charge is 0.323 e. The van der Waals surface area contributed by atoms with Crippen molar-refractivity contribution in [2.75, 3.05) is 12.4 Å². The van der Waals surface area contributed by atoms with Crippen molar-refractivity contribution in [3.05, 3.63) is 65.2 Å². The van der Waals surface area contributed by atoms with Crippen LogP contribution in [0.5, 0.6) is 0 Å². The van der Waals surface area contributed by atoms with Crippen LogP contribution in [-0.4, -0.2) is 18.0 Å². The molecule has 0 radical (unpaired) electrons. The third kappa shape index (κ3) is 4.35. The number of aryl methyl sites for hydroxylation is 2. The summed E-state index contributed by atoms with van der Waals surface area (Å²) in [6.07, 6.45) is 1.03. The Morgan fingerprint density at radius 1 is 1.00 bits per heavy atom. The van der Waals surface area contributed by atoms with Crippen LogP contribution in [0.2, 0.25) is 0 Å². The maximum atomic E-state index is 12.1. The predicted octanol–water partition coefficient (Wildman–Crippen LogP) is 4.22. The molecule has 0 unspecified atom stereocenters. The Morgan fingerprint density at radius 2 is 1.57 bits per heavy atom. The Labute approximate surface area is 126 Å². The van der Waals surface area contributed by atoms with Crippen molar-refractivity contribution in [2.45, 2.75) is 26.8 Å². The van der Waals surface area contributed by atoms with E-state index in [9.17, 15) is 4.79 Å². The summed E-state index contributed by atoms with van der Waals surface area (Å²) in [5, 5.41) is 2.90. The van der Waals surface area contributed by atoms with Gasteiger partial charge in [-0.15, -0.1) is 0 Å². The molecule has 2 rings (SSSR count). The highest BCUT2D eigenvalue weighted by atomic mass is 16.2. The van der Waals surface area contributed by atoms with Gasteiger partial charge in [0.15, 0.2) is 0 Å². The molecule has 2 amide bonds. The molecule has 110 valence electrons. The van der Waals surface area contributed by atoms with Gasteiger partial charge in [0.2, 0.25) is 0 Å². The molecular weight excluding hydrogens is 260 g/mol. The first-order valence-corrected chi connectivity index (χ1v) is 7.25. The second kappa shape index (κ2) is 6.93. The zero-order valence-electron chi connectivity index (χ0n) is 12.9. The first-order chi connectivity index (χ1) is 10.1. The van der Waals surface area contributed by atoms with Crippen LogP contribution in [0.4, 0.5) is 10.5 Å². The summed E-state index contributed by atoms with van der Waals surface area (Å²) in [4.78, 5) is 13.8. The van der Waals surface area contributed by atoms with Crippen LogP contribution in [-0.2, 0) is 13.0 Å². The molecule has 3 nitrogen and oxygen atoms in total. The first-order valence-electron chi connectivity index (χ1n) is 7.25. The zero-order chi connectivity index (χ0) is 15.2. The highest BCUT2D eigenvalue weighted by Crippen LogP contribution is 2.11. The van der Waals surface area contributed by atoms with Crippen molar-refractivity contribution in [3.63, 3.8) is 0 Å². The molecule has 0 bridgehead atoms. The molecule has 2 aromatic carbocycles. The van der Waals surface area contributed by atoms with Crippen LogP contribution in [0.25, 0.3) is 0 Å². The van der Waals surface area contributed by atoms with Crippen molar-refractivity contribution in [1.29, 1.82) is 0 Å². The molecule has 21 heavy (non-hydrogen) atoms.